The predicted octanol–water partition coefficient (Wildman–Crippen LogP) is 3.67. The lowest BCUT2D eigenvalue weighted by molar-refractivity contribution is -0.148. The lowest BCUT2D eigenvalue weighted by Crippen LogP contribution is -2.51. The SMILES string of the molecule is COC(=O)C(c1ccc(Cl)cc1)N1CCN(C(=O)c2cccc(Cl)c2)CC1. The van der Waals surface area contributed by atoms with Crippen LogP contribution in [0.4, 0.5) is 0 Å². The van der Waals surface area contributed by atoms with E-state index < -0.39 is 6.04 Å². The highest BCUT2D eigenvalue weighted by Crippen LogP contribution is 2.25. The predicted molar refractivity (Wildman–Crippen MR) is 105 cm³/mol. The van der Waals surface area contributed by atoms with Gasteiger partial charge in [-0.05, 0) is 35.9 Å². The Morgan fingerprint density at radius 1 is 0.963 bits per heavy atom. The van der Waals surface area contributed by atoms with Crippen LogP contribution in [0.5, 0.6) is 0 Å². The van der Waals surface area contributed by atoms with Crippen LogP contribution in [-0.2, 0) is 9.53 Å². The van der Waals surface area contributed by atoms with Gasteiger partial charge in [-0.1, -0.05) is 41.4 Å². The van der Waals surface area contributed by atoms with Gasteiger partial charge in [-0.3, -0.25) is 9.69 Å². The lowest BCUT2D eigenvalue weighted by atomic mass is 10.0. The first kappa shape index (κ1) is 19.7. The summed E-state index contributed by atoms with van der Waals surface area (Å²) in [6.07, 6.45) is 0. The summed E-state index contributed by atoms with van der Waals surface area (Å²) in [7, 11) is 1.38. The monoisotopic (exact) mass is 406 g/mol. The number of methoxy groups -OCH3 is 1. The molecule has 1 heterocycles. The van der Waals surface area contributed by atoms with E-state index in [0.29, 0.717) is 41.8 Å². The van der Waals surface area contributed by atoms with Crippen LogP contribution in [0.3, 0.4) is 0 Å². The number of halogens is 2. The van der Waals surface area contributed by atoms with Gasteiger partial charge >= 0.3 is 5.97 Å². The van der Waals surface area contributed by atoms with Crippen molar-refractivity contribution in [3.63, 3.8) is 0 Å². The van der Waals surface area contributed by atoms with Gasteiger partial charge in [-0.25, -0.2) is 4.79 Å². The fourth-order valence-corrected chi connectivity index (χ4v) is 3.56. The first-order valence-electron chi connectivity index (χ1n) is 8.62. The van der Waals surface area contributed by atoms with E-state index in [4.69, 9.17) is 27.9 Å². The number of benzene rings is 2. The minimum absolute atomic E-state index is 0.0572. The van der Waals surface area contributed by atoms with Gasteiger partial charge in [-0.15, -0.1) is 0 Å². The number of amides is 1. The number of ether oxygens (including phenoxy) is 1. The number of carbonyl (C=O) groups is 2. The molecule has 1 aliphatic heterocycles. The number of piperazine rings is 1. The van der Waals surface area contributed by atoms with Crippen LogP contribution >= 0.6 is 23.2 Å². The third-order valence-electron chi connectivity index (χ3n) is 4.65. The van der Waals surface area contributed by atoms with Crippen molar-refractivity contribution < 1.29 is 14.3 Å². The highest BCUT2D eigenvalue weighted by atomic mass is 35.5. The van der Waals surface area contributed by atoms with Gasteiger partial charge in [-0.2, -0.15) is 0 Å². The summed E-state index contributed by atoms with van der Waals surface area (Å²) in [5, 5.41) is 1.15. The number of hydrogen-bond acceptors (Lipinski definition) is 4. The Bertz CT molecular complexity index is 818. The van der Waals surface area contributed by atoms with Crippen LogP contribution < -0.4 is 0 Å². The second kappa shape index (κ2) is 8.74. The molecule has 0 aliphatic carbocycles. The molecule has 7 heteroatoms. The van der Waals surface area contributed by atoms with E-state index in [1.165, 1.54) is 7.11 Å². The topological polar surface area (TPSA) is 49.9 Å². The molecular formula is C20H20Cl2N2O3. The Morgan fingerprint density at radius 3 is 2.22 bits per heavy atom. The molecule has 1 amide bonds. The van der Waals surface area contributed by atoms with E-state index in [0.717, 1.165) is 5.56 Å². The molecule has 0 N–H and O–H groups in total. The number of nitrogens with zero attached hydrogens (tertiary/aromatic N) is 2. The van der Waals surface area contributed by atoms with E-state index in [-0.39, 0.29) is 11.9 Å². The van der Waals surface area contributed by atoms with Crippen molar-refractivity contribution in [1.82, 2.24) is 9.80 Å². The summed E-state index contributed by atoms with van der Waals surface area (Å²) in [6.45, 7) is 2.17. The van der Waals surface area contributed by atoms with Crippen molar-refractivity contribution in [2.75, 3.05) is 33.3 Å². The molecule has 1 aliphatic rings. The third-order valence-corrected chi connectivity index (χ3v) is 5.14. The molecule has 1 fully saturated rings. The molecule has 0 bridgehead atoms. The van der Waals surface area contributed by atoms with Crippen molar-refractivity contribution >= 4 is 35.1 Å². The van der Waals surface area contributed by atoms with Crippen molar-refractivity contribution in [2.45, 2.75) is 6.04 Å². The van der Waals surface area contributed by atoms with E-state index >= 15 is 0 Å². The molecule has 5 nitrogen and oxygen atoms in total. The van der Waals surface area contributed by atoms with Crippen LogP contribution in [0.1, 0.15) is 22.0 Å². The van der Waals surface area contributed by atoms with Gasteiger partial charge in [0, 0.05) is 41.8 Å². The second-order valence-electron chi connectivity index (χ2n) is 6.32. The molecule has 1 saturated heterocycles. The molecule has 142 valence electrons. The Balaban J connectivity index is 1.71. The molecule has 27 heavy (non-hydrogen) atoms. The molecule has 0 radical (unpaired) electrons. The molecule has 1 atom stereocenters. The van der Waals surface area contributed by atoms with Crippen molar-refractivity contribution in [1.29, 1.82) is 0 Å². The second-order valence-corrected chi connectivity index (χ2v) is 7.19. The maximum Gasteiger partial charge on any atom is 0.327 e. The zero-order valence-electron chi connectivity index (χ0n) is 14.9. The lowest BCUT2D eigenvalue weighted by Gasteiger charge is -2.38. The average molecular weight is 407 g/mol. The third kappa shape index (κ3) is 4.61. The largest absolute Gasteiger partial charge is 0.468 e. The quantitative estimate of drug-likeness (QED) is 0.726. The maximum absolute atomic E-state index is 12.7. The van der Waals surface area contributed by atoms with Crippen LogP contribution in [0.25, 0.3) is 0 Å². The first-order chi connectivity index (χ1) is 13.0. The van der Waals surface area contributed by atoms with Crippen molar-refractivity contribution in [2.24, 2.45) is 0 Å². The average Bonchev–Trinajstić information content (AvgIpc) is 2.69. The van der Waals surface area contributed by atoms with E-state index in [1.807, 2.05) is 17.0 Å². The van der Waals surface area contributed by atoms with Crippen LogP contribution in [-0.4, -0.2) is 55.0 Å². The highest BCUT2D eigenvalue weighted by Gasteiger charge is 2.32. The van der Waals surface area contributed by atoms with Gasteiger partial charge < -0.3 is 9.64 Å². The van der Waals surface area contributed by atoms with Gasteiger partial charge in [0.15, 0.2) is 0 Å². The molecule has 3 rings (SSSR count). The van der Waals surface area contributed by atoms with Crippen molar-refractivity contribution in [3.8, 4) is 0 Å². The minimum Gasteiger partial charge on any atom is -0.468 e. The molecular weight excluding hydrogens is 387 g/mol. The van der Waals surface area contributed by atoms with Crippen molar-refractivity contribution in [3.05, 3.63) is 69.7 Å². The Hall–Kier alpha value is -2.08. The standard InChI is InChI=1S/C20H20Cl2N2O3/c1-27-20(26)18(14-5-7-16(21)8-6-14)23-9-11-24(12-10-23)19(25)15-3-2-4-17(22)13-15/h2-8,13,18H,9-12H2,1H3. The van der Waals surface area contributed by atoms with E-state index in [2.05, 4.69) is 0 Å². The molecule has 2 aromatic carbocycles. The van der Waals surface area contributed by atoms with Crippen LogP contribution in [0.2, 0.25) is 10.0 Å². The van der Waals surface area contributed by atoms with Gasteiger partial charge in [0.1, 0.15) is 6.04 Å². The zero-order chi connectivity index (χ0) is 19.4. The van der Waals surface area contributed by atoms with E-state index in [1.54, 1.807) is 41.3 Å². The van der Waals surface area contributed by atoms with Gasteiger partial charge in [0.25, 0.3) is 5.91 Å². The summed E-state index contributed by atoms with van der Waals surface area (Å²) in [4.78, 5) is 28.8. The molecule has 0 spiro atoms. The van der Waals surface area contributed by atoms with Crippen LogP contribution in [0, 0.1) is 0 Å². The summed E-state index contributed by atoms with van der Waals surface area (Å²) in [5.74, 6) is -0.384. The highest BCUT2D eigenvalue weighted by molar-refractivity contribution is 6.31. The summed E-state index contributed by atoms with van der Waals surface area (Å²) in [6, 6.07) is 13.6. The zero-order valence-corrected chi connectivity index (χ0v) is 16.4. The first-order valence-corrected chi connectivity index (χ1v) is 9.37. The molecule has 0 aromatic heterocycles. The van der Waals surface area contributed by atoms with Crippen LogP contribution in [0.15, 0.2) is 48.5 Å². The number of hydrogen-bond donors (Lipinski definition) is 0. The molecule has 0 saturated carbocycles. The Labute approximate surface area is 168 Å². The Morgan fingerprint density at radius 2 is 1.63 bits per heavy atom. The minimum atomic E-state index is -0.518. The normalized spacial score (nSPS) is 16.0. The summed E-state index contributed by atoms with van der Waals surface area (Å²) < 4.78 is 5.00. The summed E-state index contributed by atoms with van der Waals surface area (Å²) >= 11 is 11.9. The number of rotatable bonds is 4. The molecule has 1 unspecified atom stereocenters. The fourth-order valence-electron chi connectivity index (χ4n) is 3.24. The smallest absolute Gasteiger partial charge is 0.327 e. The number of esters is 1. The van der Waals surface area contributed by atoms with Gasteiger partial charge in [0.2, 0.25) is 0 Å². The molecule has 2 aromatic rings. The Kier molecular flexibility index (Phi) is 6.37. The number of carbonyl (C=O) groups excluding carboxylic acids is 2. The van der Waals surface area contributed by atoms with Gasteiger partial charge in [0.05, 0.1) is 7.11 Å². The fraction of sp³-hybridized carbons (Fsp3) is 0.300. The summed E-state index contributed by atoms with van der Waals surface area (Å²) in [5.41, 5.74) is 1.39. The van der Waals surface area contributed by atoms with E-state index in [9.17, 15) is 9.59 Å². The maximum atomic E-state index is 12.7.